The smallest absolute Gasteiger partial charge is 0.426 e. The highest BCUT2D eigenvalue weighted by atomic mass is 19.4. The third-order valence-electron chi connectivity index (χ3n) is 7.19. The number of ether oxygens (including phenoxy) is 6. The van der Waals surface area contributed by atoms with Crippen LogP contribution in [-0.2, 0) is 33.3 Å². The van der Waals surface area contributed by atoms with Crippen LogP contribution in [0.5, 0.6) is 5.75 Å². The van der Waals surface area contributed by atoms with Crippen molar-refractivity contribution in [1.29, 1.82) is 0 Å². The second-order valence-corrected chi connectivity index (χ2v) is 10.2. The lowest BCUT2D eigenvalue weighted by molar-refractivity contribution is -0.360. The van der Waals surface area contributed by atoms with Crippen molar-refractivity contribution >= 4 is 35.0 Å². The van der Waals surface area contributed by atoms with Crippen LogP contribution in [0, 0.1) is 0 Å². The van der Waals surface area contributed by atoms with Crippen molar-refractivity contribution in [1.82, 2.24) is 0 Å². The van der Waals surface area contributed by atoms with E-state index in [1.807, 2.05) is 6.92 Å². The summed E-state index contributed by atoms with van der Waals surface area (Å²) in [5, 5.41) is 2.56. The van der Waals surface area contributed by atoms with E-state index in [9.17, 15) is 36.3 Å². The van der Waals surface area contributed by atoms with Crippen molar-refractivity contribution in [2.45, 2.75) is 56.8 Å². The van der Waals surface area contributed by atoms with Crippen LogP contribution in [0.25, 0.3) is 0 Å². The number of nitrogens with zero attached hydrogens (tertiary/aromatic N) is 2. The first-order valence-electron chi connectivity index (χ1n) is 13.9. The predicted molar refractivity (Wildman–Crippen MR) is 151 cm³/mol. The summed E-state index contributed by atoms with van der Waals surface area (Å²) in [4.78, 5) is 40.7. The first kappa shape index (κ1) is 34.8. The molecule has 2 aromatic carbocycles. The topological polar surface area (TPSA) is 125 Å². The van der Waals surface area contributed by atoms with E-state index in [-0.39, 0.29) is 5.69 Å². The van der Waals surface area contributed by atoms with Gasteiger partial charge < -0.3 is 38.2 Å². The first-order chi connectivity index (χ1) is 21.7. The second kappa shape index (κ2) is 14.1. The van der Waals surface area contributed by atoms with Gasteiger partial charge in [0.25, 0.3) is 0 Å². The Morgan fingerprint density at radius 1 is 0.870 bits per heavy atom. The van der Waals surface area contributed by atoms with Gasteiger partial charge in [-0.15, -0.1) is 0 Å². The predicted octanol–water partition coefficient (Wildman–Crippen LogP) is 4.33. The summed E-state index contributed by atoms with van der Waals surface area (Å²) < 4.78 is 95.3. The molecule has 17 heteroatoms. The molecule has 0 radical (unpaired) electrons. The van der Waals surface area contributed by atoms with E-state index in [1.165, 1.54) is 43.4 Å². The Balaban J connectivity index is 1.35. The van der Waals surface area contributed by atoms with Crippen LogP contribution in [0.2, 0.25) is 0 Å². The number of halogens is 5. The van der Waals surface area contributed by atoms with Gasteiger partial charge in [0, 0.05) is 37.9 Å². The molecular weight excluding hydrogens is 629 g/mol. The number of benzene rings is 2. The van der Waals surface area contributed by atoms with Crippen molar-refractivity contribution in [2.75, 3.05) is 49.0 Å². The average Bonchev–Trinajstić information content (AvgIpc) is 2.98. The van der Waals surface area contributed by atoms with E-state index in [0.717, 1.165) is 29.2 Å². The summed E-state index contributed by atoms with van der Waals surface area (Å²) >= 11 is 0. The van der Waals surface area contributed by atoms with Crippen LogP contribution in [-0.4, -0.2) is 94.8 Å². The summed E-state index contributed by atoms with van der Waals surface area (Å²) in [7, 11) is 2.94. The Morgan fingerprint density at radius 3 is 1.87 bits per heavy atom. The van der Waals surface area contributed by atoms with Gasteiger partial charge in [-0.2, -0.15) is 22.0 Å². The normalized spacial score (nSPS) is 24.2. The lowest BCUT2D eigenvalue weighted by Crippen LogP contribution is -2.60. The number of amides is 3. The van der Waals surface area contributed by atoms with E-state index < -0.39 is 79.7 Å². The molecule has 2 fully saturated rings. The summed E-state index contributed by atoms with van der Waals surface area (Å²) in [5.74, 6) is -1.83. The summed E-state index contributed by atoms with van der Waals surface area (Å²) in [6, 6.07) is 9.80. The molecule has 252 valence electrons. The molecule has 0 aromatic heterocycles. The molecule has 12 nitrogen and oxygen atoms in total. The maximum Gasteiger partial charge on any atom is 0.499 e. The minimum Gasteiger partial charge on any atom is -0.426 e. The lowest BCUT2D eigenvalue weighted by Gasteiger charge is -2.43. The van der Waals surface area contributed by atoms with Gasteiger partial charge in [-0.1, -0.05) is 0 Å². The Labute approximate surface area is 260 Å². The highest BCUT2D eigenvalue weighted by molar-refractivity contribution is 6.12. The van der Waals surface area contributed by atoms with Gasteiger partial charge in [-0.25, -0.2) is 4.79 Å². The number of anilines is 3. The van der Waals surface area contributed by atoms with E-state index >= 15 is 0 Å². The number of methoxy groups -OCH3 is 2. The Bertz CT molecular complexity index is 1380. The van der Waals surface area contributed by atoms with Gasteiger partial charge in [0.1, 0.15) is 37.2 Å². The monoisotopic (exact) mass is 661 g/mol. The molecule has 46 heavy (non-hydrogen) atoms. The number of carbonyl (C=O) groups excluding carboxylic acids is 3. The lowest BCUT2D eigenvalue weighted by atomic mass is 9.99. The van der Waals surface area contributed by atoms with Gasteiger partial charge in [0.05, 0.1) is 6.10 Å². The third-order valence-corrected chi connectivity index (χ3v) is 7.19. The molecule has 2 aromatic rings. The van der Waals surface area contributed by atoms with Gasteiger partial charge in [-0.05, 0) is 62.4 Å². The van der Waals surface area contributed by atoms with Crippen molar-refractivity contribution in [2.24, 2.45) is 0 Å². The molecule has 2 aliphatic rings. The fourth-order valence-electron chi connectivity index (χ4n) is 4.99. The molecule has 3 amide bonds. The van der Waals surface area contributed by atoms with Crippen LogP contribution in [0.1, 0.15) is 13.8 Å². The SMILES string of the molecule is CCO[C@@H]1[C@@H](OC)[C@H](C)O[C@@H](OC(=O)Nc2ccc(N3CC(=O)N(c4ccc(OC(F)(F)C(F)(F)F)cc4)CC3=O)cc2)[C@@H]1OC. The van der Waals surface area contributed by atoms with Crippen LogP contribution in [0.15, 0.2) is 48.5 Å². The van der Waals surface area contributed by atoms with E-state index in [0.29, 0.717) is 18.0 Å². The van der Waals surface area contributed by atoms with E-state index in [2.05, 4.69) is 10.1 Å². The van der Waals surface area contributed by atoms with Gasteiger partial charge >= 0.3 is 18.4 Å². The molecule has 2 heterocycles. The van der Waals surface area contributed by atoms with Crippen LogP contribution >= 0.6 is 0 Å². The maximum absolute atomic E-state index is 13.2. The highest BCUT2D eigenvalue weighted by Crippen LogP contribution is 2.38. The molecule has 2 saturated heterocycles. The fraction of sp³-hybridized carbons (Fsp3) is 0.483. The molecule has 0 aliphatic carbocycles. The zero-order valence-electron chi connectivity index (χ0n) is 25.1. The molecule has 0 bridgehead atoms. The molecule has 0 spiro atoms. The largest absolute Gasteiger partial charge is 0.499 e. The summed E-state index contributed by atoms with van der Waals surface area (Å²) in [6.45, 7) is 3.10. The van der Waals surface area contributed by atoms with Crippen LogP contribution < -0.4 is 19.9 Å². The van der Waals surface area contributed by atoms with Crippen molar-refractivity contribution in [3.63, 3.8) is 0 Å². The molecule has 2 aliphatic heterocycles. The highest BCUT2D eigenvalue weighted by Gasteiger charge is 2.61. The van der Waals surface area contributed by atoms with Gasteiger partial charge in [-0.3, -0.25) is 14.9 Å². The number of rotatable bonds is 10. The Hall–Kier alpha value is -4.06. The minimum absolute atomic E-state index is 0.0936. The second-order valence-electron chi connectivity index (χ2n) is 10.2. The average molecular weight is 662 g/mol. The Kier molecular flexibility index (Phi) is 10.7. The molecule has 0 unspecified atom stereocenters. The zero-order chi connectivity index (χ0) is 33.8. The number of alkyl halides is 5. The number of hydrogen-bond acceptors (Lipinski definition) is 9. The van der Waals surface area contributed by atoms with E-state index in [1.54, 1.807) is 6.92 Å². The molecular formula is C29H32F5N3O9. The van der Waals surface area contributed by atoms with Crippen molar-refractivity contribution in [3.05, 3.63) is 48.5 Å². The first-order valence-corrected chi connectivity index (χ1v) is 13.9. The zero-order valence-corrected chi connectivity index (χ0v) is 25.1. The molecule has 5 atom stereocenters. The van der Waals surface area contributed by atoms with Crippen molar-refractivity contribution in [3.8, 4) is 5.75 Å². The van der Waals surface area contributed by atoms with Crippen molar-refractivity contribution < 1.29 is 64.8 Å². The molecule has 4 rings (SSSR count). The molecule has 1 N–H and O–H groups in total. The van der Waals surface area contributed by atoms with E-state index in [4.69, 9.17) is 23.7 Å². The fourth-order valence-corrected chi connectivity index (χ4v) is 4.99. The maximum atomic E-state index is 13.2. The van der Waals surface area contributed by atoms with Gasteiger partial charge in [0.15, 0.2) is 0 Å². The Morgan fingerprint density at radius 2 is 1.39 bits per heavy atom. The van der Waals surface area contributed by atoms with Crippen LogP contribution in [0.3, 0.4) is 0 Å². The summed E-state index contributed by atoms with van der Waals surface area (Å²) in [6.07, 6.45) is -15.6. The van der Waals surface area contributed by atoms with Crippen LogP contribution in [0.4, 0.5) is 43.8 Å². The number of nitrogens with one attached hydrogen (secondary N) is 1. The number of piperazine rings is 1. The number of hydrogen-bond donors (Lipinski definition) is 1. The third kappa shape index (κ3) is 7.66. The molecule has 0 saturated carbocycles. The minimum atomic E-state index is -5.92. The summed E-state index contributed by atoms with van der Waals surface area (Å²) in [5.41, 5.74) is 0.735. The van der Waals surface area contributed by atoms with Gasteiger partial charge in [0.2, 0.25) is 18.1 Å². The number of carbonyl (C=O) groups is 3. The quantitative estimate of drug-likeness (QED) is 0.371. The standard InChI is InChI=1S/C29H32F5N3O9/c1-5-43-24-23(41-3)16(2)44-26(25(24)42-4)45-27(40)35-17-6-8-18(9-7-17)36-14-22(39)37(15-21(36)38)19-10-12-20(13-11-19)46-29(33,34)28(30,31)32/h6-13,16,23-26H,5,14-15H2,1-4H3,(H,35,40)/t16-,23-,24+,25+,26-/m0/s1.